The normalized spacial score (nSPS) is 15.5. The molecule has 0 aliphatic carbocycles. The first kappa shape index (κ1) is 17.0. The molecule has 0 saturated carbocycles. The number of rotatable bonds is 3. The summed E-state index contributed by atoms with van der Waals surface area (Å²) in [7, 11) is 0. The van der Waals surface area contributed by atoms with Crippen molar-refractivity contribution in [2.75, 3.05) is 5.32 Å². The highest BCUT2D eigenvalue weighted by Gasteiger charge is 2.23. The summed E-state index contributed by atoms with van der Waals surface area (Å²) in [5.41, 5.74) is 3.79. The average molecular weight is 383 g/mol. The quantitative estimate of drug-likeness (QED) is 0.584. The van der Waals surface area contributed by atoms with Crippen LogP contribution in [-0.4, -0.2) is 15.8 Å². The first-order valence-corrected chi connectivity index (χ1v) is 9.15. The van der Waals surface area contributed by atoms with Gasteiger partial charge in [-0.2, -0.15) is 0 Å². The van der Waals surface area contributed by atoms with Crippen molar-refractivity contribution < 1.29 is 0 Å². The molecular weight excluding hydrogens is 367 g/mol. The van der Waals surface area contributed by atoms with Crippen LogP contribution in [0.15, 0.2) is 59.6 Å². The topological polar surface area (TPSA) is 50.2 Å². The van der Waals surface area contributed by atoms with Gasteiger partial charge in [-0.1, -0.05) is 61.0 Å². The Hall–Kier alpha value is -2.43. The average Bonchev–Trinajstić information content (AvgIpc) is 2.99. The molecule has 1 aromatic heterocycles. The maximum atomic E-state index is 6.29. The van der Waals surface area contributed by atoms with Gasteiger partial charge in [0.25, 0.3) is 0 Å². The number of aromatic nitrogens is 2. The van der Waals surface area contributed by atoms with Gasteiger partial charge in [0.05, 0.1) is 11.7 Å². The Morgan fingerprint density at radius 3 is 2.46 bits per heavy atom. The van der Waals surface area contributed by atoms with E-state index >= 15 is 0 Å². The van der Waals surface area contributed by atoms with Gasteiger partial charge in [0.1, 0.15) is 11.7 Å². The summed E-state index contributed by atoms with van der Waals surface area (Å²) in [4.78, 5) is 13.4. The van der Waals surface area contributed by atoms with Crippen LogP contribution in [-0.2, 0) is 0 Å². The maximum Gasteiger partial charge on any atom is 0.224 e. The molecule has 1 unspecified atom stereocenters. The zero-order valence-corrected chi connectivity index (χ0v) is 15.6. The van der Waals surface area contributed by atoms with Gasteiger partial charge in [-0.3, -0.25) is 4.99 Å². The Morgan fingerprint density at radius 1 is 0.962 bits per heavy atom. The minimum Gasteiger partial charge on any atom is -0.325 e. The van der Waals surface area contributed by atoms with E-state index in [0.717, 1.165) is 23.4 Å². The molecule has 4 rings (SSSR count). The van der Waals surface area contributed by atoms with E-state index in [9.17, 15) is 0 Å². The number of halogens is 2. The molecule has 1 atom stereocenters. The Bertz CT molecular complexity index is 1000. The Kier molecular flexibility index (Phi) is 4.62. The van der Waals surface area contributed by atoms with Crippen molar-refractivity contribution in [3.8, 4) is 11.3 Å². The molecule has 0 fully saturated rings. The summed E-state index contributed by atoms with van der Waals surface area (Å²) in [5, 5.41) is 4.07. The molecule has 0 bridgehead atoms. The van der Waals surface area contributed by atoms with Gasteiger partial charge in [0.2, 0.25) is 5.28 Å². The van der Waals surface area contributed by atoms with Crippen LogP contribution in [0, 0.1) is 0 Å². The third kappa shape index (κ3) is 3.18. The van der Waals surface area contributed by atoms with Crippen molar-refractivity contribution in [1.29, 1.82) is 0 Å². The van der Waals surface area contributed by atoms with Gasteiger partial charge < -0.3 is 5.32 Å². The minimum absolute atomic E-state index is 0.156. The van der Waals surface area contributed by atoms with E-state index in [0.29, 0.717) is 16.5 Å². The highest BCUT2D eigenvalue weighted by Crippen LogP contribution is 2.33. The molecule has 26 heavy (non-hydrogen) atoms. The van der Waals surface area contributed by atoms with Crippen LogP contribution >= 0.6 is 23.2 Å². The van der Waals surface area contributed by atoms with Crippen LogP contribution < -0.4 is 5.32 Å². The molecule has 6 heteroatoms. The van der Waals surface area contributed by atoms with E-state index in [1.807, 2.05) is 42.5 Å². The number of nitrogens with one attached hydrogen (secondary N) is 1. The number of amidine groups is 1. The Morgan fingerprint density at radius 2 is 1.69 bits per heavy atom. The summed E-state index contributed by atoms with van der Waals surface area (Å²) in [6.07, 6.45) is 0.942. The lowest BCUT2D eigenvalue weighted by Crippen LogP contribution is -2.13. The summed E-state index contributed by atoms with van der Waals surface area (Å²) >= 11 is 12.4. The number of fused-ring (bicyclic) bond motifs is 1. The number of nitrogens with zero attached hydrogens (tertiary/aromatic N) is 3. The van der Waals surface area contributed by atoms with Gasteiger partial charge in [-0.15, -0.1) is 0 Å². The van der Waals surface area contributed by atoms with Crippen molar-refractivity contribution in [2.24, 2.45) is 4.99 Å². The van der Waals surface area contributed by atoms with Gasteiger partial charge in [-0.25, -0.2) is 9.97 Å². The van der Waals surface area contributed by atoms with Crippen molar-refractivity contribution in [2.45, 2.75) is 19.4 Å². The summed E-state index contributed by atoms with van der Waals surface area (Å²) < 4.78 is 0. The van der Waals surface area contributed by atoms with Gasteiger partial charge in [-0.05, 0) is 29.7 Å². The third-order valence-electron chi connectivity index (χ3n) is 4.34. The molecule has 1 aliphatic heterocycles. The molecule has 3 aromatic rings. The van der Waals surface area contributed by atoms with Gasteiger partial charge >= 0.3 is 0 Å². The lowest BCUT2D eigenvalue weighted by atomic mass is 10.0. The van der Waals surface area contributed by atoms with E-state index in [1.165, 1.54) is 5.56 Å². The fourth-order valence-electron chi connectivity index (χ4n) is 3.12. The number of hydrogen-bond donors (Lipinski definition) is 1. The fraction of sp³-hybridized carbons (Fsp3) is 0.150. The predicted octanol–water partition coefficient (Wildman–Crippen LogP) is 5.77. The van der Waals surface area contributed by atoms with Crippen LogP contribution in [0.1, 0.15) is 30.5 Å². The largest absolute Gasteiger partial charge is 0.325 e. The molecule has 2 heterocycles. The second kappa shape index (κ2) is 7.06. The first-order chi connectivity index (χ1) is 12.7. The smallest absolute Gasteiger partial charge is 0.224 e. The predicted molar refractivity (Wildman–Crippen MR) is 107 cm³/mol. The van der Waals surface area contributed by atoms with Crippen molar-refractivity contribution in [1.82, 2.24) is 9.97 Å². The standard InChI is InChI=1S/C20H16Cl2N4/c1-2-16-12-7-3-4-8-13(12)19(23-16)25-18-11-17(24-20(22)26-18)14-9-5-6-10-15(14)21/h3-11,16H,2H2,1H3,(H,23,24,25,26). The maximum absolute atomic E-state index is 6.29. The fourth-order valence-corrected chi connectivity index (χ4v) is 3.53. The summed E-state index contributed by atoms with van der Waals surface area (Å²) in [6.45, 7) is 2.13. The van der Waals surface area contributed by atoms with Crippen molar-refractivity contribution >= 4 is 34.9 Å². The van der Waals surface area contributed by atoms with Crippen molar-refractivity contribution in [3.05, 3.63) is 76.0 Å². The number of aliphatic imine (C=N–C) groups is 1. The molecule has 0 spiro atoms. The Balaban J connectivity index is 1.71. The number of hydrogen-bond acceptors (Lipinski definition) is 4. The van der Waals surface area contributed by atoms with Crippen LogP contribution in [0.3, 0.4) is 0 Å². The van der Waals surface area contributed by atoms with Crippen LogP contribution in [0.2, 0.25) is 10.3 Å². The van der Waals surface area contributed by atoms with E-state index in [4.69, 9.17) is 28.2 Å². The van der Waals surface area contributed by atoms with Crippen LogP contribution in [0.4, 0.5) is 5.82 Å². The first-order valence-electron chi connectivity index (χ1n) is 8.39. The lowest BCUT2D eigenvalue weighted by Gasteiger charge is -2.09. The van der Waals surface area contributed by atoms with Crippen LogP contribution in [0.5, 0.6) is 0 Å². The molecule has 1 N–H and O–H groups in total. The second-order valence-electron chi connectivity index (χ2n) is 6.00. The zero-order valence-electron chi connectivity index (χ0n) is 14.1. The SMILES string of the molecule is CCC1N=C(Nc2cc(-c3ccccc3Cl)nc(Cl)n2)c2ccccc21. The Labute approximate surface area is 161 Å². The van der Waals surface area contributed by atoms with E-state index in [2.05, 4.69) is 34.3 Å². The molecule has 1 aliphatic rings. The van der Waals surface area contributed by atoms with E-state index in [1.54, 1.807) is 0 Å². The summed E-state index contributed by atoms with van der Waals surface area (Å²) in [5.74, 6) is 1.39. The molecular formula is C20H16Cl2N4. The second-order valence-corrected chi connectivity index (χ2v) is 6.75. The number of anilines is 1. The van der Waals surface area contributed by atoms with Crippen molar-refractivity contribution in [3.63, 3.8) is 0 Å². The minimum atomic E-state index is 0.156. The highest BCUT2D eigenvalue weighted by molar-refractivity contribution is 6.33. The molecule has 0 amide bonds. The molecule has 0 saturated heterocycles. The molecule has 0 radical (unpaired) electrons. The monoisotopic (exact) mass is 382 g/mol. The lowest BCUT2D eigenvalue weighted by molar-refractivity contribution is 0.716. The van der Waals surface area contributed by atoms with E-state index in [-0.39, 0.29) is 11.3 Å². The molecule has 2 aromatic carbocycles. The van der Waals surface area contributed by atoms with Crippen LogP contribution in [0.25, 0.3) is 11.3 Å². The third-order valence-corrected chi connectivity index (χ3v) is 4.84. The zero-order chi connectivity index (χ0) is 18.1. The van der Waals surface area contributed by atoms with Gasteiger partial charge in [0.15, 0.2) is 0 Å². The van der Waals surface area contributed by atoms with Gasteiger partial charge in [0, 0.05) is 22.2 Å². The molecule has 4 nitrogen and oxygen atoms in total. The highest BCUT2D eigenvalue weighted by atomic mass is 35.5. The summed E-state index contributed by atoms with van der Waals surface area (Å²) in [6, 6.07) is 17.7. The molecule has 130 valence electrons. The van der Waals surface area contributed by atoms with E-state index < -0.39 is 0 Å². The number of benzene rings is 2.